The fourth-order valence-corrected chi connectivity index (χ4v) is 3.84. The first-order valence-corrected chi connectivity index (χ1v) is 10.9. The van der Waals surface area contributed by atoms with E-state index in [9.17, 15) is 19.5 Å². The van der Waals surface area contributed by atoms with Gasteiger partial charge in [0.2, 0.25) is 0 Å². The topological polar surface area (TPSA) is 89.3 Å². The highest BCUT2D eigenvalue weighted by Crippen LogP contribution is 2.23. The Morgan fingerprint density at radius 2 is 1.58 bits per heavy atom. The van der Waals surface area contributed by atoms with Gasteiger partial charge in [0.1, 0.15) is 0 Å². The number of carboxylic acids is 1. The lowest BCUT2D eigenvalue weighted by molar-refractivity contribution is -0.142. The van der Waals surface area contributed by atoms with Crippen molar-refractivity contribution in [3.63, 3.8) is 0 Å². The Bertz CT molecular complexity index is 1360. The van der Waals surface area contributed by atoms with Gasteiger partial charge in [0.25, 0.3) is 5.56 Å². The lowest BCUT2D eigenvalue weighted by Gasteiger charge is -2.13. The third-order valence-corrected chi connectivity index (χ3v) is 5.87. The number of Topliss-reactive ketones (excluding diaryl/α,β-unsaturated/α-hetero) is 1. The average molecular weight is 461 g/mol. The number of halogens is 1. The first-order valence-electron chi connectivity index (χ1n) is 10.5. The Morgan fingerprint density at radius 3 is 2.24 bits per heavy atom. The number of benzene rings is 3. The molecule has 0 aliphatic heterocycles. The first-order chi connectivity index (χ1) is 15.9. The van der Waals surface area contributed by atoms with Gasteiger partial charge in [-0.2, -0.15) is 5.10 Å². The number of aryl methyl sites for hydroxylation is 1. The maximum atomic E-state index is 12.7. The number of carboxylic acid groups (broad SMARTS) is 1. The Kier molecular flexibility index (Phi) is 6.66. The molecule has 0 unspecified atom stereocenters. The first kappa shape index (κ1) is 22.4. The second-order valence-corrected chi connectivity index (χ2v) is 8.23. The number of rotatable bonds is 8. The van der Waals surface area contributed by atoms with Gasteiger partial charge in [0.15, 0.2) is 5.78 Å². The predicted molar refractivity (Wildman–Crippen MR) is 128 cm³/mol. The minimum Gasteiger partial charge on any atom is -0.481 e. The summed E-state index contributed by atoms with van der Waals surface area (Å²) in [7, 11) is 0. The molecular formula is C26H21ClN2O4. The lowest BCUT2D eigenvalue weighted by Crippen LogP contribution is -2.26. The Labute approximate surface area is 195 Å². The van der Waals surface area contributed by atoms with Gasteiger partial charge in [0.05, 0.1) is 17.5 Å². The van der Waals surface area contributed by atoms with E-state index < -0.39 is 11.9 Å². The summed E-state index contributed by atoms with van der Waals surface area (Å²) in [6, 6.07) is 21.5. The number of aliphatic carboxylic acids is 1. The van der Waals surface area contributed by atoms with Gasteiger partial charge in [-0.05, 0) is 35.7 Å². The van der Waals surface area contributed by atoms with Crippen LogP contribution in [0.4, 0.5) is 0 Å². The highest BCUT2D eigenvalue weighted by atomic mass is 35.5. The van der Waals surface area contributed by atoms with E-state index >= 15 is 0 Å². The minimum absolute atomic E-state index is 0.115. The Hall–Kier alpha value is -3.77. The zero-order chi connectivity index (χ0) is 23.4. The second-order valence-electron chi connectivity index (χ2n) is 7.80. The van der Waals surface area contributed by atoms with Crippen molar-refractivity contribution in [3.8, 4) is 11.1 Å². The molecule has 3 aromatic carbocycles. The van der Waals surface area contributed by atoms with Gasteiger partial charge in [-0.15, -0.1) is 0 Å². The Balaban J connectivity index is 1.44. The van der Waals surface area contributed by atoms with Gasteiger partial charge < -0.3 is 5.11 Å². The SMILES string of the molecule is O=C(C[C@H](CCn1ncc2ccccc2c1=O)C(=O)O)c1ccc(-c2ccc(Cl)cc2)cc1. The van der Waals surface area contributed by atoms with E-state index in [0.29, 0.717) is 16.0 Å². The summed E-state index contributed by atoms with van der Waals surface area (Å²) in [5, 5.41) is 15.7. The van der Waals surface area contributed by atoms with Crippen LogP contribution in [0, 0.1) is 5.92 Å². The monoisotopic (exact) mass is 460 g/mol. The predicted octanol–water partition coefficient (Wildman–Crippen LogP) is 5.08. The summed E-state index contributed by atoms with van der Waals surface area (Å²) >= 11 is 5.92. The van der Waals surface area contributed by atoms with E-state index in [-0.39, 0.29) is 30.7 Å². The van der Waals surface area contributed by atoms with Gasteiger partial charge >= 0.3 is 5.97 Å². The normalized spacial score (nSPS) is 11.9. The highest BCUT2D eigenvalue weighted by molar-refractivity contribution is 6.30. The maximum Gasteiger partial charge on any atom is 0.307 e. The van der Waals surface area contributed by atoms with Gasteiger partial charge in [-0.1, -0.05) is 66.2 Å². The van der Waals surface area contributed by atoms with Crippen molar-refractivity contribution in [1.82, 2.24) is 9.78 Å². The molecule has 0 radical (unpaired) electrons. The summed E-state index contributed by atoms with van der Waals surface area (Å²) in [6.07, 6.45) is 1.55. The maximum absolute atomic E-state index is 12.7. The summed E-state index contributed by atoms with van der Waals surface area (Å²) in [4.78, 5) is 37.1. The van der Waals surface area contributed by atoms with E-state index in [4.69, 9.17) is 11.6 Å². The summed E-state index contributed by atoms with van der Waals surface area (Å²) in [5.74, 6) is -2.26. The average Bonchev–Trinajstić information content (AvgIpc) is 2.83. The van der Waals surface area contributed by atoms with Crippen LogP contribution < -0.4 is 5.56 Å². The molecule has 166 valence electrons. The van der Waals surface area contributed by atoms with Crippen LogP contribution in [-0.2, 0) is 11.3 Å². The van der Waals surface area contributed by atoms with E-state index in [1.807, 2.05) is 30.3 Å². The molecule has 1 aromatic heterocycles. The fourth-order valence-electron chi connectivity index (χ4n) is 3.71. The third kappa shape index (κ3) is 5.18. The second kappa shape index (κ2) is 9.79. The van der Waals surface area contributed by atoms with Crippen LogP contribution in [0.1, 0.15) is 23.2 Å². The molecule has 0 aliphatic rings. The summed E-state index contributed by atoms with van der Waals surface area (Å²) < 4.78 is 1.25. The molecule has 33 heavy (non-hydrogen) atoms. The number of ketones is 1. The van der Waals surface area contributed by atoms with Crippen LogP contribution >= 0.6 is 11.6 Å². The molecule has 7 heteroatoms. The largest absolute Gasteiger partial charge is 0.481 e. The zero-order valence-electron chi connectivity index (χ0n) is 17.6. The number of carbonyl (C=O) groups is 2. The highest BCUT2D eigenvalue weighted by Gasteiger charge is 2.22. The molecule has 6 nitrogen and oxygen atoms in total. The molecule has 0 saturated heterocycles. The van der Waals surface area contributed by atoms with Gasteiger partial charge in [-0.25, -0.2) is 4.68 Å². The standard InChI is InChI=1S/C26H21ClN2O4/c27-22-11-9-18(10-12-22)17-5-7-19(8-6-17)24(30)15-20(26(32)33)13-14-29-25(31)23-4-2-1-3-21(23)16-28-29/h1-12,16,20H,13-15H2,(H,32,33)/t20-/m0/s1. The Morgan fingerprint density at radius 1 is 0.939 bits per heavy atom. The molecule has 4 rings (SSSR count). The molecule has 0 amide bonds. The number of carbonyl (C=O) groups excluding carboxylic acids is 1. The van der Waals surface area contributed by atoms with Gasteiger partial charge in [0, 0.05) is 28.9 Å². The van der Waals surface area contributed by atoms with Crippen LogP contribution in [0.2, 0.25) is 5.02 Å². The molecule has 1 N–H and O–H groups in total. The molecule has 0 bridgehead atoms. The molecule has 0 spiro atoms. The molecule has 1 atom stereocenters. The van der Waals surface area contributed by atoms with Crippen LogP contribution in [-0.4, -0.2) is 26.6 Å². The van der Waals surface area contributed by atoms with E-state index in [2.05, 4.69) is 5.10 Å². The fraction of sp³-hybridized carbons (Fsp3) is 0.154. The molecule has 0 saturated carbocycles. The van der Waals surface area contributed by atoms with Crippen LogP contribution in [0.15, 0.2) is 83.8 Å². The van der Waals surface area contributed by atoms with E-state index in [1.54, 1.807) is 48.7 Å². The molecule has 4 aromatic rings. The lowest BCUT2D eigenvalue weighted by atomic mass is 9.94. The van der Waals surface area contributed by atoms with Crippen LogP contribution in [0.25, 0.3) is 21.9 Å². The zero-order valence-corrected chi connectivity index (χ0v) is 18.4. The number of aromatic nitrogens is 2. The van der Waals surface area contributed by atoms with Crippen LogP contribution in [0.5, 0.6) is 0 Å². The van der Waals surface area contributed by atoms with Crippen LogP contribution in [0.3, 0.4) is 0 Å². The van der Waals surface area contributed by atoms with Crippen molar-refractivity contribution < 1.29 is 14.7 Å². The third-order valence-electron chi connectivity index (χ3n) is 5.62. The molecular weight excluding hydrogens is 440 g/mol. The quantitative estimate of drug-likeness (QED) is 0.370. The van der Waals surface area contributed by atoms with Crippen molar-refractivity contribution in [2.24, 2.45) is 5.92 Å². The number of nitrogens with zero attached hydrogens (tertiary/aromatic N) is 2. The van der Waals surface area contributed by atoms with E-state index in [1.165, 1.54) is 4.68 Å². The van der Waals surface area contributed by atoms with E-state index in [0.717, 1.165) is 16.5 Å². The molecule has 0 fully saturated rings. The summed E-state index contributed by atoms with van der Waals surface area (Å²) in [5.41, 5.74) is 2.07. The van der Waals surface area contributed by atoms with Crippen molar-refractivity contribution in [2.45, 2.75) is 19.4 Å². The molecule has 1 heterocycles. The number of hydrogen-bond acceptors (Lipinski definition) is 4. The van der Waals surface area contributed by atoms with Crippen molar-refractivity contribution in [2.75, 3.05) is 0 Å². The summed E-state index contributed by atoms with van der Waals surface area (Å²) in [6.45, 7) is 0.115. The van der Waals surface area contributed by atoms with Crippen molar-refractivity contribution in [1.29, 1.82) is 0 Å². The van der Waals surface area contributed by atoms with Crippen molar-refractivity contribution >= 4 is 34.1 Å². The number of hydrogen-bond donors (Lipinski definition) is 1. The van der Waals surface area contributed by atoms with Gasteiger partial charge in [-0.3, -0.25) is 14.4 Å². The molecule has 0 aliphatic carbocycles. The smallest absolute Gasteiger partial charge is 0.307 e. The minimum atomic E-state index is -1.07. The van der Waals surface area contributed by atoms with Crippen molar-refractivity contribution in [3.05, 3.63) is 99.9 Å². The number of fused-ring (bicyclic) bond motifs is 1.